The maximum atomic E-state index is 13.1. The summed E-state index contributed by atoms with van der Waals surface area (Å²) in [5.41, 5.74) is -0.105. The lowest BCUT2D eigenvalue weighted by molar-refractivity contribution is 0.151. The molecular weight excluding hydrogens is 244 g/mol. The molecule has 0 fully saturated rings. The standard InChI is InChI=1S/C11H11F2N3O2/c1-14-8-5-6(10(12)13)9(11(16-8)17-2)7-3-4-15-18-7/h3-5,10H,1-2H3,(H,14,16). The molecule has 0 amide bonds. The van der Waals surface area contributed by atoms with Crippen molar-refractivity contribution in [1.29, 1.82) is 0 Å². The van der Waals surface area contributed by atoms with Crippen molar-refractivity contribution in [3.05, 3.63) is 23.9 Å². The number of nitrogens with one attached hydrogen (secondary N) is 1. The van der Waals surface area contributed by atoms with Crippen LogP contribution in [0.3, 0.4) is 0 Å². The van der Waals surface area contributed by atoms with Crippen LogP contribution in [0.2, 0.25) is 0 Å². The number of methoxy groups -OCH3 is 1. The molecule has 0 aliphatic heterocycles. The molecule has 0 aliphatic carbocycles. The molecule has 7 heteroatoms. The Bertz CT molecular complexity index is 529. The van der Waals surface area contributed by atoms with Crippen LogP contribution in [-0.2, 0) is 0 Å². The third kappa shape index (κ3) is 2.11. The molecule has 2 aromatic heterocycles. The molecule has 0 unspecified atom stereocenters. The molecule has 18 heavy (non-hydrogen) atoms. The maximum Gasteiger partial charge on any atom is 0.264 e. The minimum Gasteiger partial charge on any atom is -0.480 e. The maximum absolute atomic E-state index is 13.1. The summed E-state index contributed by atoms with van der Waals surface area (Å²) < 4.78 is 36.1. The summed E-state index contributed by atoms with van der Waals surface area (Å²) in [6.07, 6.45) is -1.30. The number of aromatic nitrogens is 2. The predicted octanol–water partition coefficient (Wildman–Crippen LogP) is 2.72. The average Bonchev–Trinajstić information content (AvgIpc) is 2.90. The monoisotopic (exact) mass is 255 g/mol. The SMILES string of the molecule is CNc1cc(C(F)F)c(-c2ccno2)c(OC)n1. The quantitative estimate of drug-likeness (QED) is 0.910. The number of anilines is 1. The molecule has 96 valence electrons. The minimum atomic E-state index is -2.67. The molecular formula is C11H11F2N3O2. The topological polar surface area (TPSA) is 60.2 Å². The van der Waals surface area contributed by atoms with Gasteiger partial charge in [-0.3, -0.25) is 0 Å². The molecule has 0 aromatic carbocycles. The summed E-state index contributed by atoms with van der Waals surface area (Å²) in [7, 11) is 2.95. The van der Waals surface area contributed by atoms with E-state index in [0.29, 0.717) is 5.82 Å². The van der Waals surface area contributed by atoms with Gasteiger partial charge >= 0.3 is 0 Å². The lowest BCUT2D eigenvalue weighted by atomic mass is 10.1. The number of alkyl halides is 2. The van der Waals surface area contributed by atoms with Crippen LogP contribution in [0.15, 0.2) is 22.9 Å². The van der Waals surface area contributed by atoms with Crippen LogP contribution in [0, 0.1) is 0 Å². The number of halogens is 2. The summed E-state index contributed by atoms with van der Waals surface area (Å²) in [6.45, 7) is 0. The van der Waals surface area contributed by atoms with Crippen LogP contribution < -0.4 is 10.1 Å². The van der Waals surface area contributed by atoms with Crippen molar-refractivity contribution in [2.75, 3.05) is 19.5 Å². The van der Waals surface area contributed by atoms with Crippen molar-refractivity contribution in [2.45, 2.75) is 6.43 Å². The Labute approximate surface area is 102 Å². The Morgan fingerprint density at radius 1 is 1.44 bits per heavy atom. The van der Waals surface area contributed by atoms with E-state index in [4.69, 9.17) is 9.26 Å². The van der Waals surface area contributed by atoms with E-state index in [1.807, 2.05) is 0 Å². The minimum absolute atomic E-state index is 0.0638. The van der Waals surface area contributed by atoms with Crippen LogP contribution in [-0.4, -0.2) is 24.3 Å². The molecule has 0 radical (unpaired) electrons. The Balaban J connectivity index is 2.68. The lowest BCUT2D eigenvalue weighted by Gasteiger charge is -2.12. The van der Waals surface area contributed by atoms with Gasteiger partial charge in [-0.25, -0.2) is 8.78 Å². The van der Waals surface area contributed by atoms with Gasteiger partial charge in [0.2, 0.25) is 5.88 Å². The van der Waals surface area contributed by atoms with Gasteiger partial charge in [0, 0.05) is 18.7 Å². The molecule has 0 saturated heterocycles. The van der Waals surface area contributed by atoms with Gasteiger partial charge in [0.15, 0.2) is 5.76 Å². The van der Waals surface area contributed by atoms with Crippen molar-refractivity contribution in [3.8, 4) is 17.2 Å². The van der Waals surface area contributed by atoms with Crippen LogP contribution in [0.1, 0.15) is 12.0 Å². The highest BCUT2D eigenvalue weighted by Gasteiger charge is 2.23. The fraction of sp³-hybridized carbons (Fsp3) is 0.273. The Kier molecular flexibility index (Phi) is 3.40. The number of hydrogen-bond acceptors (Lipinski definition) is 5. The molecule has 2 rings (SSSR count). The molecule has 2 heterocycles. The second-order valence-corrected chi connectivity index (χ2v) is 3.41. The van der Waals surface area contributed by atoms with Gasteiger partial charge in [-0.05, 0) is 6.07 Å². The summed E-state index contributed by atoms with van der Waals surface area (Å²) >= 11 is 0. The first-order chi connectivity index (χ1) is 8.67. The second-order valence-electron chi connectivity index (χ2n) is 3.41. The van der Waals surface area contributed by atoms with Gasteiger partial charge in [-0.1, -0.05) is 5.16 Å². The molecule has 1 N–H and O–H groups in total. The molecule has 2 aromatic rings. The summed E-state index contributed by atoms with van der Waals surface area (Å²) in [6, 6.07) is 2.73. The fourth-order valence-corrected chi connectivity index (χ4v) is 1.58. The van der Waals surface area contributed by atoms with Gasteiger partial charge in [-0.2, -0.15) is 4.98 Å². The van der Waals surface area contributed by atoms with Gasteiger partial charge < -0.3 is 14.6 Å². The number of rotatable bonds is 4. The zero-order chi connectivity index (χ0) is 13.1. The number of hydrogen-bond donors (Lipinski definition) is 1. The number of nitrogens with zero attached hydrogens (tertiary/aromatic N) is 2. The van der Waals surface area contributed by atoms with Gasteiger partial charge in [0.25, 0.3) is 6.43 Å². The zero-order valence-electron chi connectivity index (χ0n) is 9.78. The average molecular weight is 255 g/mol. The van der Waals surface area contributed by atoms with Crippen molar-refractivity contribution in [2.24, 2.45) is 0 Å². The Morgan fingerprint density at radius 2 is 2.22 bits per heavy atom. The molecule has 0 atom stereocenters. The first kappa shape index (κ1) is 12.3. The first-order valence-corrected chi connectivity index (χ1v) is 5.13. The Hall–Kier alpha value is -2.18. The predicted molar refractivity (Wildman–Crippen MR) is 60.8 cm³/mol. The van der Waals surface area contributed by atoms with Crippen LogP contribution >= 0.6 is 0 Å². The summed E-state index contributed by atoms with van der Waals surface area (Å²) in [5.74, 6) is 0.552. The Morgan fingerprint density at radius 3 is 2.72 bits per heavy atom. The van der Waals surface area contributed by atoms with E-state index in [-0.39, 0.29) is 22.8 Å². The van der Waals surface area contributed by atoms with Gasteiger partial charge in [-0.15, -0.1) is 0 Å². The molecule has 0 bridgehead atoms. The van der Waals surface area contributed by atoms with Crippen molar-refractivity contribution in [1.82, 2.24) is 10.1 Å². The van der Waals surface area contributed by atoms with Crippen molar-refractivity contribution >= 4 is 5.82 Å². The number of pyridine rings is 1. The van der Waals surface area contributed by atoms with Crippen molar-refractivity contribution in [3.63, 3.8) is 0 Å². The van der Waals surface area contributed by atoms with Crippen LogP contribution in [0.5, 0.6) is 5.88 Å². The van der Waals surface area contributed by atoms with E-state index in [0.717, 1.165) is 0 Å². The highest BCUT2D eigenvalue weighted by atomic mass is 19.3. The van der Waals surface area contributed by atoms with Crippen LogP contribution in [0.25, 0.3) is 11.3 Å². The van der Waals surface area contributed by atoms with E-state index in [2.05, 4.69) is 15.5 Å². The third-order valence-corrected chi connectivity index (χ3v) is 2.39. The number of ether oxygens (including phenoxy) is 1. The smallest absolute Gasteiger partial charge is 0.264 e. The highest BCUT2D eigenvalue weighted by molar-refractivity contribution is 5.70. The van der Waals surface area contributed by atoms with E-state index in [1.165, 1.54) is 25.4 Å². The fourth-order valence-electron chi connectivity index (χ4n) is 1.58. The summed E-state index contributed by atoms with van der Waals surface area (Å²) in [4.78, 5) is 4.05. The normalized spacial score (nSPS) is 10.7. The zero-order valence-corrected chi connectivity index (χ0v) is 9.78. The molecule has 0 saturated carbocycles. The first-order valence-electron chi connectivity index (χ1n) is 5.13. The lowest BCUT2D eigenvalue weighted by Crippen LogP contribution is -2.01. The van der Waals surface area contributed by atoms with E-state index in [1.54, 1.807) is 7.05 Å². The van der Waals surface area contributed by atoms with Crippen molar-refractivity contribution < 1.29 is 18.0 Å². The third-order valence-electron chi connectivity index (χ3n) is 2.39. The van der Waals surface area contributed by atoms with E-state index < -0.39 is 6.43 Å². The van der Waals surface area contributed by atoms with E-state index >= 15 is 0 Å². The van der Waals surface area contributed by atoms with Crippen LogP contribution in [0.4, 0.5) is 14.6 Å². The second kappa shape index (κ2) is 4.99. The van der Waals surface area contributed by atoms with Gasteiger partial charge in [0.05, 0.1) is 18.9 Å². The van der Waals surface area contributed by atoms with E-state index in [9.17, 15) is 8.78 Å². The largest absolute Gasteiger partial charge is 0.480 e. The van der Waals surface area contributed by atoms with Gasteiger partial charge in [0.1, 0.15) is 5.82 Å². The summed E-state index contributed by atoms with van der Waals surface area (Å²) in [5, 5.41) is 6.20. The molecule has 0 spiro atoms. The molecule has 0 aliphatic rings. The molecule has 5 nitrogen and oxygen atoms in total. The highest BCUT2D eigenvalue weighted by Crippen LogP contribution is 2.38.